The van der Waals surface area contributed by atoms with E-state index < -0.39 is 0 Å². The van der Waals surface area contributed by atoms with Crippen LogP contribution in [-0.4, -0.2) is 17.5 Å². The molecule has 1 saturated heterocycles. The van der Waals surface area contributed by atoms with Crippen molar-refractivity contribution in [1.29, 1.82) is 0 Å². The Labute approximate surface area is 121 Å². The fraction of sp³-hybridized carbons (Fsp3) is 0.333. The lowest BCUT2D eigenvalue weighted by molar-refractivity contribution is 0.120. The molecular formula is C18H22N2. The number of nitrogens with zero attached hydrogens (tertiary/aromatic N) is 1. The van der Waals surface area contributed by atoms with Gasteiger partial charge in [0.15, 0.2) is 0 Å². The Kier molecular flexibility index (Phi) is 4.14. The first-order valence-electron chi connectivity index (χ1n) is 7.43. The number of hydrogen-bond donors (Lipinski definition) is 1. The third kappa shape index (κ3) is 2.92. The zero-order chi connectivity index (χ0) is 13.8. The van der Waals surface area contributed by atoms with E-state index in [1.807, 2.05) is 0 Å². The van der Waals surface area contributed by atoms with E-state index in [0.29, 0.717) is 6.04 Å². The van der Waals surface area contributed by atoms with Gasteiger partial charge < -0.3 is 5.73 Å². The van der Waals surface area contributed by atoms with Gasteiger partial charge in [-0.25, -0.2) is 0 Å². The number of rotatable bonds is 3. The van der Waals surface area contributed by atoms with Crippen molar-refractivity contribution >= 4 is 0 Å². The van der Waals surface area contributed by atoms with E-state index in [4.69, 9.17) is 5.73 Å². The molecule has 1 fully saturated rings. The van der Waals surface area contributed by atoms with Crippen molar-refractivity contribution in [3.63, 3.8) is 0 Å². The zero-order valence-corrected chi connectivity index (χ0v) is 11.8. The molecule has 3 rings (SSSR count). The maximum absolute atomic E-state index is 6.41. The number of nitrogens with two attached hydrogens (primary N) is 1. The Morgan fingerprint density at radius 1 is 0.950 bits per heavy atom. The van der Waals surface area contributed by atoms with Crippen LogP contribution in [0.2, 0.25) is 0 Å². The SMILES string of the molecule is N[C@H]1CCCN(Cc2ccccc2)[C@H]1c1ccccc1. The summed E-state index contributed by atoms with van der Waals surface area (Å²) in [5.41, 5.74) is 9.12. The summed E-state index contributed by atoms with van der Waals surface area (Å²) in [4.78, 5) is 2.53. The number of hydrogen-bond acceptors (Lipinski definition) is 2. The molecule has 1 aliphatic rings. The van der Waals surface area contributed by atoms with Crippen LogP contribution in [0.1, 0.15) is 30.0 Å². The third-order valence-corrected chi connectivity index (χ3v) is 4.15. The molecule has 0 radical (unpaired) electrons. The molecule has 20 heavy (non-hydrogen) atoms. The Morgan fingerprint density at radius 2 is 1.60 bits per heavy atom. The van der Waals surface area contributed by atoms with Crippen LogP contribution < -0.4 is 5.73 Å². The summed E-state index contributed by atoms with van der Waals surface area (Å²) in [7, 11) is 0. The van der Waals surface area contributed by atoms with Crippen molar-refractivity contribution in [3.05, 3.63) is 71.8 Å². The molecule has 2 atom stereocenters. The first kappa shape index (κ1) is 13.3. The van der Waals surface area contributed by atoms with Crippen molar-refractivity contribution in [3.8, 4) is 0 Å². The summed E-state index contributed by atoms with van der Waals surface area (Å²) < 4.78 is 0. The van der Waals surface area contributed by atoms with Crippen molar-refractivity contribution in [2.24, 2.45) is 5.73 Å². The number of benzene rings is 2. The second-order valence-corrected chi connectivity index (χ2v) is 5.62. The molecule has 0 spiro atoms. The molecule has 2 aromatic rings. The smallest absolute Gasteiger partial charge is 0.0502 e. The summed E-state index contributed by atoms with van der Waals surface area (Å²) >= 11 is 0. The minimum absolute atomic E-state index is 0.231. The highest BCUT2D eigenvalue weighted by Crippen LogP contribution is 2.31. The molecule has 0 unspecified atom stereocenters. The van der Waals surface area contributed by atoms with Crippen LogP contribution in [-0.2, 0) is 6.54 Å². The van der Waals surface area contributed by atoms with Gasteiger partial charge in [-0.05, 0) is 30.5 Å². The van der Waals surface area contributed by atoms with Gasteiger partial charge in [-0.2, -0.15) is 0 Å². The lowest BCUT2D eigenvalue weighted by Crippen LogP contribution is -2.45. The minimum atomic E-state index is 0.231. The van der Waals surface area contributed by atoms with Crippen LogP contribution in [0.5, 0.6) is 0 Å². The normalized spacial score (nSPS) is 23.6. The topological polar surface area (TPSA) is 29.3 Å². The molecule has 1 heterocycles. The van der Waals surface area contributed by atoms with Gasteiger partial charge in [0.05, 0.1) is 6.04 Å². The Hall–Kier alpha value is -1.64. The highest BCUT2D eigenvalue weighted by Gasteiger charge is 2.29. The quantitative estimate of drug-likeness (QED) is 0.923. The molecule has 0 amide bonds. The molecule has 0 saturated carbocycles. The molecule has 0 aliphatic carbocycles. The van der Waals surface area contributed by atoms with E-state index in [9.17, 15) is 0 Å². The van der Waals surface area contributed by atoms with Crippen molar-refractivity contribution < 1.29 is 0 Å². The summed E-state index contributed by atoms with van der Waals surface area (Å²) in [5, 5.41) is 0. The molecule has 2 N–H and O–H groups in total. The number of likely N-dealkylation sites (tertiary alicyclic amines) is 1. The van der Waals surface area contributed by atoms with Crippen LogP contribution in [0, 0.1) is 0 Å². The summed E-state index contributed by atoms with van der Waals surface area (Å²) in [5.74, 6) is 0. The largest absolute Gasteiger partial charge is 0.326 e. The fourth-order valence-electron chi connectivity index (χ4n) is 3.20. The van der Waals surface area contributed by atoms with E-state index in [2.05, 4.69) is 65.6 Å². The average Bonchev–Trinajstić information content (AvgIpc) is 2.49. The van der Waals surface area contributed by atoms with Gasteiger partial charge in [0.2, 0.25) is 0 Å². The number of piperidine rings is 1. The van der Waals surface area contributed by atoms with E-state index >= 15 is 0 Å². The first-order chi connectivity index (χ1) is 9.84. The highest BCUT2D eigenvalue weighted by molar-refractivity contribution is 5.22. The summed E-state index contributed by atoms with van der Waals surface area (Å²) in [6.07, 6.45) is 2.31. The van der Waals surface area contributed by atoms with Crippen molar-refractivity contribution in [2.45, 2.75) is 31.5 Å². The molecule has 2 aromatic carbocycles. The monoisotopic (exact) mass is 266 g/mol. The van der Waals surface area contributed by atoms with Crippen molar-refractivity contribution in [2.75, 3.05) is 6.54 Å². The molecular weight excluding hydrogens is 244 g/mol. The van der Waals surface area contributed by atoms with Crippen LogP contribution in [0.3, 0.4) is 0 Å². The van der Waals surface area contributed by atoms with E-state index in [-0.39, 0.29) is 6.04 Å². The van der Waals surface area contributed by atoms with Crippen LogP contribution in [0.25, 0.3) is 0 Å². The maximum Gasteiger partial charge on any atom is 0.0502 e. The van der Waals surface area contributed by atoms with Crippen molar-refractivity contribution in [1.82, 2.24) is 4.90 Å². The Bertz CT molecular complexity index is 524. The molecule has 1 aliphatic heterocycles. The lowest BCUT2D eigenvalue weighted by Gasteiger charge is -2.40. The average molecular weight is 266 g/mol. The second-order valence-electron chi connectivity index (χ2n) is 5.62. The molecule has 104 valence electrons. The van der Waals surface area contributed by atoms with Gasteiger partial charge in [-0.3, -0.25) is 4.90 Å². The minimum Gasteiger partial charge on any atom is -0.326 e. The van der Waals surface area contributed by atoms with E-state index in [0.717, 1.165) is 19.5 Å². The maximum atomic E-state index is 6.41. The first-order valence-corrected chi connectivity index (χ1v) is 7.43. The zero-order valence-electron chi connectivity index (χ0n) is 11.8. The van der Waals surface area contributed by atoms with Gasteiger partial charge in [-0.15, -0.1) is 0 Å². The van der Waals surface area contributed by atoms with Gasteiger partial charge >= 0.3 is 0 Å². The summed E-state index contributed by atoms with van der Waals surface area (Å²) in [6.45, 7) is 2.11. The van der Waals surface area contributed by atoms with Crippen LogP contribution in [0.15, 0.2) is 60.7 Å². The predicted octanol–water partition coefficient (Wildman–Crippen LogP) is 3.35. The predicted molar refractivity (Wildman–Crippen MR) is 83.2 cm³/mol. The standard InChI is InChI=1S/C18H22N2/c19-17-12-7-13-20(14-15-8-3-1-4-9-15)18(17)16-10-5-2-6-11-16/h1-6,8-11,17-18H,7,12-14,19H2/t17-,18-/m0/s1. The van der Waals surface area contributed by atoms with Gasteiger partial charge in [-0.1, -0.05) is 60.7 Å². The molecule has 0 bridgehead atoms. The van der Waals surface area contributed by atoms with Gasteiger partial charge in [0.25, 0.3) is 0 Å². The molecule has 2 heteroatoms. The highest BCUT2D eigenvalue weighted by atomic mass is 15.2. The van der Waals surface area contributed by atoms with E-state index in [1.165, 1.54) is 17.5 Å². The van der Waals surface area contributed by atoms with Gasteiger partial charge in [0, 0.05) is 12.6 Å². The Balaban J connectivity index is 1.83. The van der Waals surface area contributed by atoms with Gasteiger partial charge in [0.1, 0.15) is 0 Å². The molecule has 2 nitrogen and oxygen atoms in total. The van der Waals surface area contributed by atoms with E-state index in [1.54, 1.807) is 0 Å². The van der Waals surface area contributed by atoms with Crippen LogP contribution in [0.4, 0.5) is 0 Å². The fourth-order valence-corrected chi connectivity index (χ4v) is 3.20. The molecule has 0 aromatic heterocycles. The van der Waals surface area contributed by atoms with Crippen LogP contribution >= 0.6 is 0 Å². The summed E-state index contributed by atoms with van der Waals surface area (Å²) in [6, 6.07) is 21.9. The second kappa shape index (κ2) is 6.21. The lowest BCUT2D eigenvalue weighted by atomic mass is 9.90. The Morgan fingerprint density at radius 3 is 2.30 bits per heavy atom. The third-order valence-electron chi connectivity index (χ3n) is 4.15.